The number of hydrogen-bond acceptors (Lipinski definition) is 12. The number of guanidine groups is 1. The average Bonchev–Trinajstić information content (AvgIpc) is 3.74. The molecule has 19 heteroatoms. The number of aliphatic imine (C=N–C) groups is 2. The zero-order chi connectivity index (χ0) is 34.7. The lowest BCUT2D eigenvalue weighted by Gasteiger charge is -2.36. The molecule has 1 aliphatic heterocycles. The van der Waals surface area contributed by atoms with Crippen LogP contribution in [-0.2, 0) is 21.4 Å². The standard InChI is InChI=1S/C29H41N11O5S3/c1-32-17-24(33-2)39-10-12-40(13-11-39)29-36-20(18-47-29)16-35-19-5-3-6-21(15-19)48(44,45)38-22-8-14-46-25(22)26(41)37-23(27(42)43)7-4-9-34-28(30)31/h3,5-6,8,14-15,18,23,32,35,38H,4,7,9-13,16-17H2,1-2H3,(H,37,41)(H,42,43)(H4,30,31,34). The van der Waals surface area contributed by atoms with Gasteiger partial charge in [0.2, 0.25) is 0 Å². The summed E-state index contributed by atoms with van der Waals surface area (Å²) in [4.78, 5) is 42.2. The number of piperazine rings is 1. The Bertz CT molecular complexity index is 1710. The van der Waals surface area contributed by atoms with E-state index in [2.05, 4.69) is 40.5 Å². The Morgan fingerprint density at radius 2 is 1.92 bits per heavy atom. The van der Waals surface area contributed by atoms with E-state index in [1.807, 2.05) is 19.5 Å². The Balaban J connectivity index is 1.34. The molecule has 1 fully saturated rings. The quantitative estimate of drug-likeness (QED) is 0.0630. The second kappa shape index (κ2) is 17.1. The van der Waals surface area contributed by atoms with E-state index in [1.165, 1.54) is 18.2 Å². The van der Waals surface area contributed by atoms with Crippen LogP contribution in [0.15, 0.2) is 56.0 Å². The molecule has 1 atom stereocenters. The maximum atomic E-state index is 13.3. The molecule has 9 N–H and O–H groups in total. The Hall–Kier alpha value is -4.46. The number of thiophene rings is 1. The fourth-order valence-corrected chi connectivity index (χ4v) is 7.70. The summed E-state index contributed by atoms with van der Waals surface area (Å²) in [6, 6.07) is 6.56. The molecule has 0 radical (unpaired) electrons. The number of nitrogens with one attached hydrogen (secondary N) is 4. The third kappa shape index (κ3) is 10.0. The van der Waals surface area contributed by atoms with Gasteiger partial charge in [-0.1, -0.05) is 6.07 Å². The normalized spacial score (nSPS) is 14.3. The Kier molecular flexibility index (Phi) is 13.0. The van der Waals surface area contributed by atoms with Crippen molar-refractivity contribution in [3.63, 3.8) is 0 Å². The maximum absolute atomic E-state index is 13.3. The highest BCUT2D eigenvalue weighted by molar-refractivity contribution is 7.92. The monoisotopic (exact) mass is 719 g/mol. The van der Waals surface area contributed by atoms with Gasteiger partial charge in [0.15, 0.2) is 11.1 Å². The number of rotatable bonds is 16. The summed E-state index contributed by atoms with van der Waals surface area (Å²) < 4.78 is 29.1. The van der Waals surface area contributed by atoms with Crippen molar-refractivity contribution in [1.82, 2.24) is 20.5 Å². The van der Waals surface area contributed by atoms with E-state index in [9.17, 15) is 23.1 Å². The zero-order valence-corrected chi connectivity index (χ0v) is 29.1. The van der Waals surface area contributed by atoms with Gasteiger partial charge in [0.25, 0.3) is 15.9 Å². The molecule has 4 rings (SSSR count). The fraction of sp³-hybridized carbons (Fsp3) is 0.414. The smallest absolute Gasteiger partial charge is 0.326 e. The molecule has 1 amide bonds. The summed E-state index contributed by atoms with van der Waals surface area (Å²) >= 11 is 2.56. The average molecular weight is 720 g/mol. The van der Waals surface area contributed by atoms with Crippen molar-refractivity contribution in [2.75, 3.05) is 68.3 Å². The maximum Gasteiger partial charge on any atom is 0.326 e. The number of amidine groups is 1. The molecule has 0 spiro atoms. The SMILES string of the molecule is CN=C(CNC)N1CCN(c2nc(CNc3cccc(S(=O)(=O)Nc4ccsc4C(=O)NC(CCCN=C(N)N)C(=O)O)c3)cs2)CC1. The number of carboxylic acid groups (broad SMARTS) is 1. The first-order valence-electron chi connectivity index (χ1n) is 15.1. The van der Waals surface area contributed by atoms with E-state index in [4.69, 9.17) is 16.5 Å². The highest BCUT2D eigenvalue weighted by Gasteiger charge is 2.25. The van der Waals surface area contributed by atoms with Crippen molar-refractivity contribution in [1.29, 1.82) is 0 Å². The van der Waals surface area contributed by atoms with Crippen LogP contribution in [0.5, 0.6) is 0 Å². The summed E-state index contributed by atoms with van der Waals surface area (Å²) in [5.74, 6) is -1.02. The molecular formula is C29H41N11O5S3. The molecule has 0 bridgehead atoms. The van der Waals surface area contributed by atoms with Crippen LogP contribution in [-0.4, -0.2) is 106 Å². The number of nitrogens with zero attached hydrogens (tertiary/aromatic N) is 5. The highest BCUT2D eigenvalue weighted by Crippen LogP contribution is 2.27. The van der Waals surface area contributed by atoms with Crippen molar-refractivity contribution in [3.05, 3.63) is 51.7 Å². The third-order valence-electron chi connectivity index (χ3n) is 7.33. The molecule has 1 aromatic carbocycles. The summed E-state index contributed by atoms with van der Waals surface area (Å²) in [6.45, 7) is 4.73. The van der Waals surface area contributed by atoms with E-state index in [0.717, 1.165) is 60.7 Å². The van der Waals surface area contributed by atoms with Crippen molar-refractivity contribution >= 4 is 72.9 Å². The van der Waals surface area contributed by atoms with Gasteiger partial charge in [0.1, 0.15) is 16.8 Å². The number of carbonyl (C=O) groups excluding carboxylic acids is 1. The fourth-order valence-electron chi connectivity index (χ4n) is 4.89. The first-order chi connectivity index (χ1) is 23.0. The molecule has 260 valence electrons. The predicted octanol–water partition coefficient (Wildman–Crippen LogP) is 1.22. The van der Waals surface area contributed by atoms with Crippen molar-refractivity contribution in [2.45, 2.75) is 30.3 Å². The highest BCUT2D eigenvalue weighted by atomic mass is 32.2. The number of likely N-dealkylation sites (N-methyl/N-ethyl adjacent to an activating group) is 1. The Labute approximate surface area is 287 Å². The molecule has 2 aromatic heterocycles. The number of benzene rings is 1. The van der Waals surface area contributed by atoms with Crippen LogP contribution in [0.3, 0.4) is 0 Å². The molecule has 0 aliphatic carbocycles. The van der Waals surface area contributed by atoms with Gasteiger partial charge in [-0.05, 0) is 49.5 Å². The second-order valence-electron chi connectivity index (χ2n) is 10.7. The molecular weight excluding hydrogens is 679 g/mol. The molecule has 0 saturated carbocycles. The predicted molar refractivity (Wildman–Crippen MR) is 191 cm³/mol. The van der Waals surface area contributed by atoms with Gasteiger partial charge < -0.3 is 42.3 Å². The molecule has 1 saturated heterocycles. The number of thiazole rings is 1. The van der Waals surface area contributed by atoms with Gasteiger partial charge in [-0.15, -0.1) is 22.7 Å². The van der Waals surface area contributed by atoms with Crippen LogP contribution in [0, 0.1) is 0 Å². The van der Waals surface area contributed by atoms with Gasteiger partial charge in [0.05, 0.1) is 29.4 Å². The summed E-state index contributed by atoms with van der Waals surface area (Å²) in [6.07, 6.45) is 0.397. The first-order valence-corrected chi connectivity index (χ1v) is 18.3. The molecule has 3 heterocycles. The molecule has 1 aliphatic rings. The topological polar surface area (TPSA) is 233 Å². The van der Waals surface area contributed by atoms with Crippen LogP contribution in [0.2, 0.25) is 0 Å². The van der Waals surface area contributed by atoms with Crippen molar-refractivity contribution < 1.29 is 23.1 Å². The molecule has 3 aromatic rings. The van der Waals surface area contributed by atoms with Crippen LogP contribution in [0.25, 0.3) is 0 Å². The minimum Gasteiger partial charge on any atom is -0.480 e. The largest absolute Gasteiger partial charge is 0.480 e. The zero-order valence-electron chi connectivity index (χ0n) is 26.7. The van der Waals surface area contributed by atoms with E-state index in [1.54, 1.807) is 28.8 Å². The summed E-state index contributed by atoms with van der Waals surface area (Å²) in [5.41, 5.74) is 12.0. The molecule has 48 heavy (non-hydrogen) atoms. The number of hydrogen-bond donors (Lipinski definition) is 7. The van der Waals surface area contributed by atoms with Crippen LogP contribution in [0.4, 0.5) is 16.5 Å². The Morgan fingerprint density at radius 1 is 1.15 bits per heavy atom. The third-order valence-corrected chi connectivity index (χ3v) is 10.6. The summed E-state index contributed by atoms with van der Waals surface area (Å²) in [5, 5.41) is 22.9. The van der Waals surface area contributed by atoms with Crippen LogP contribution in [0.1, 0.15) is 28.2 Å². The lowest BCUT2D eigenvalue weighted by molar-refractivity contribution is -0.139. The number of anilines is 3. The van der Waals surface area contributed by atoms with E-state index < -0.39 is 27.9 Å². The summed E-state index contributed by atoms with van der Waals surface area (Å²) in [7, 11) is -0.378. The number of aromatic nitrogens is 1. The van der Waals surface area contributed by atoms with E-state index in [-0.39, 0.29) is 34.4 Å². The second-order valence-corrected chi connectivity index (χ2v) is 14.2. The van der Waals surface area contributed by atoms with Gasteiger partial charge in [0, 0.05) is 50.8 Å². The van der Waals surface area contributed by atoms with Gasteiger partial charge in [-0.3, -0.25) is 19.5 Å². The minimum atomic E-state index is -4.10. The lowest BCUT2D eigenvalue weighted by Crippen LogP contribution is -2.50. The number of nitrogens with two attached hydrogens (primary N) is 2. The van der Waals surface area contributed by atoms with Crippen molar-refractivity contribution in [2.24, 2.45) is 21.5 Å². The van der Waals surface area contributed by atoms with Gasteiger partial charge in [-0.2, -0.15) is 0 Å². The minimum absolute atomic E-state index is 0.0155. The molecule has 1 unspecified atom stereocenters. The molecule has 16 nitrogen and oxygen atoms in total. The van der Waals surface area contributed by atoms with Crippen LogP contribution >= 0.6 is 22.7 Å². The first kappa shape index (κ1) is 36.4. The van der Waals surface area contributed by atoms with Crippen molar-refractivity contribution in [3.8, 4) is 0 Å². The number of amides is 1. The van der Waals surface area contributed by atoms with Gasteiger partial charge >= 0.3 is 5.97 Å². The number of carbonyl (C=O) groups is 2. The lowest BCUT2D eigenvalue weighted by atomic mass is 10.1. The number of sulfonamides is 1. The van der Waals surface area contributed by atoms with Gasteiger partial charge in [-0.25, -0.2) is 18.2 Å². The number of aliphatic carboxylic acids is 1. The number of carboxylic acids is 1. The Morgan fingerprint density at radius 3 is 2.60 bits per heavy atom. The van der Waals surface area contributed by atoms with E-state index >= 15 is 0 Å². The van der Waals surface area contributed by atoms with E-state index in [0.29, 0.717) is 18.7 Å². The van der Waals surface area contributed by atoms with Crippen LogP contribution < -0.4 is 37.0 Å².